The molecule has 2 aliphatic rings. The number of carbonyl (C=O) groups excluding carboxylic acids is 1. The fourth-order valence-corrected chi connectivity index (χ4v) is 6.24. The molecule has 4 rings (SSSR count). The molecule has 1 aromatic heterocycles. The van der Waals surface area contributed by atoms with Crippen LogP contribution in [-0.4, -0.2) is 64.6 Å². The first-order chi connectivity index (χ1) is 17.1. The van der Waals surface area contributed by atoms with Gasteiger partial charge in [-0.05, 0) is 45.1 Å². The Balaban J connectivity index is 1.99. The number of halogens is 1. The van der Waals surface area contributed by atoms with Gasteiger partial charge in [-0.1, -0.05) is 54.1 Å². The first kappa shape index (κ1) is 26.1. The minimum absolute atomic E-state index is 0.0375. The molecule has 0 saturated heterocycles. The SMILES string of the molecule is C=C/C=C\C1=C(C)CSc2c(Cl)cccc2C1N1CN(C(C)CN(C)C)C(=O)c2c(O)c(=O)ccn21. The molecule has 2 aromatic rings. The molecule has 3 heterocycles. The van der Waals surface area contributed by atoms with Crippen molar-refractivity contribution in [1.82, 2.24) is 14.5 Å². The summed E-state index contributed by atoms with van der Waals surface area (Å²) in [4.78, 5) is 30.7. The second-order valence-electron chi connectivity index (χ2n) is 9.37. The summed E-state index contributed by atoms with van der Waals surface area (Å²) in [6, 6.07) is 6.63. The summed E-state index contributed by atoms with van der Waals surface area (Å²) >= 11 is 8.35. The molecule has 36 heavy (non-hydrogen) atoms. The molecule has 0 fully saturated rings. The molecule has 0 spiro atoms. The van der Waals surface area contributed by atoms with E-state index in [9.17, 15) is 14.7 Å². The third-order valence-corrected chi connectivity index (χ3v) is 8.22. The lowest BCUT2D eigenvalue weighted by Gasteiger charge is -2.46. The number of aromatic nitrogens is 1. The van der Waals surface area contributed by atoms with Crippen molar-refractivity contribution >= 4 is 29.3 Å². The highest BCUT2D eigenvalue weighted by atomic mass is 35.5. The lowest BCUT2D eigenvalue weighted by atomic mass is 9.94. The maximum absolute atomic E-state index is 13.6. The van der Waals surface area contributed by atoms with Crippen LogP contribution >= 0.6 is 23.4 Å². The third kappa shape index (κ3) is 4.73. The summed E-state index contributed by atoms with van der Waals surface area (Å²) in [5, 5.41) is 13.5. The average Bonchev–Trinajstić information content (AvgIpc) is 2.96. The van der Waals surface area contributed by atoms with Crippen molar-refractivity contribution in [2.75, 3.05) is 38.1 Å². The highest BCUT2D eigenvalue weighted by Gasteiger charge is 2.40. The minimum atomic E-state index is -0.588. The normalized spacial score (nSPS) is 18.9. The number of rotatable bonds is 6. The van der Waals surface area contributed by atoms with Gasteiger partial charge in [0.15, 0.2) is 11.4 Å². The molecule has 7 nitrogen and oxygen atoms in total. The standard InChI is InChI=1S/C27H31ClN4O3S/c1-6-7-9-19-17(2)15-36-26-20(10-8-11-21(26)28)23(19)32-16-30(18(3)14-29(4)5)27(35)24-25(34)22(33)12-13-31(24)32/h6-13,18,23,34H,1,14-16H2,2-5H3/b9-7-. The largest absolute Gasteiger partial charge is 0.502 e. The first-order valence-corrected chi connectivity index (χ1v) is 13.1. The van der Waals surface area contributed by atoms with Crippen LogP contribution in [0.1, 0.15) is 35.9 Å². The lowest BCUT2D eigenvalue weighted by Crippen LogP contribution is -2.59. The Morgan fingerprint density at radius 1 is 1.31 bits per heavy atom. The van der Waals surface area contributed by atoms with Crippen LogP contribution in [0.2, 0.25) is 5.02 Å². The summed E-state index contributed by atoms with van der Waals surface area (Å²) in [5.41, 5.74) is 2.57. The molecule has 0 aliphatic carbocycles. The maximum Gasteiger partial charge on any atom is 0.278 e. The van der Waals surface area contributed by atoms with Gasteiger partial charge in [-0.2, -0.15) is 0 Å². The van der Waals surface area contributed by atoms with E-state index in [4.69, 9.17) is 11.6 Å². The number of benzene rings is 1. The predicted molar refractivity (Wildman–Crippen MR) is 147 cm³/mol. The van der Waals surface area contributed by atoms with Gasteiger partial charge in [-0.15, -0.1) is 11.8 Å². The van der Waals surface area contributed by atoms with Gasteiger partial charge < -0.3 is 14.9 Å². The van der Waals surface area contributed by atoms with Gasteiger partial charge in [0.25, 0.3) is 5.91 Å². The molecule has 1 amide bonds. The first-order valence-electron chi connectivity index (χ1n) is 11.7. The maximum atomic E-state index is 13.6. The lowest BCUT2D eigenvalue weighted by molar-refractivity contribution is 0.0577. The summed E-state index contributed by atoms with van der Waals surface area (Å²) in [6.45, 7) is 8.78. The van der Waals surface area contributed by atoms with E-state index in [-0.39, 0.29) is 30.4 Å². The van der Waals surface area contributed by atoms with Crippen molar-refractivity contribution in [3.63, 3.8) is 0 Å². The summed E-state index contributed by atoms with van der Waals surface area (Å²) < 4.78 is 1.62. The number of pyridine rings is 1. The van der Waals surface area contributed by atoms with Crippen molar-refractivity contribution in [3.8, 4) is 5.75 Å². The van der Waals surface area contributed by atoms with Crippen molar-refractivity contribution < 1.29 is 9.90 Å². The van der Waals surface area contributed by atoms with Crippen LogP contribution in [0, 0.1) is 0 Å². The molecule has 2 atom stereocenters. The van der Waals surface area contributed by atoms with Crippen LogP contribution in [-0.2, 0) is 0 Å². The molecular formula is C27H31ClN4O3S. The highest BCUT2D eigenvalue weighted by molar-refractivity contribution is 7.99. The molecule has 0 saturated carbocycles. The molecule has 9 heteroatoms. The fraction of sp³-hybridized carbons (Fsp3) is 0.333. The molecule has 1 N–H and O–H groups in total. The monoisotopic (exact) mass is 526 g/mol. The van der Waals surface area contributed by atoms with Crippen molar-refractivity contribution in [2.24, 2.45) is 0 Å². The number of hydrogen-bond acceptors (Lipinski definition) is 6. The van der Waals surface area contributed by atoms with Crippen LogP contribution in [0.3, 0.4) is 0 Å². The number of aromatic hydroxyl groups is 1. The van der Waals surface area contributed by atoms with E-state index in [1.54, 1.807) is 33.6 Å². The Morgan fingerprint density at radius 2 is 2.06 bits per heavy atom. The zero-order valence-corrected chi connectivity index (χ0v) is 22.5. The molecule has 2 unspecified atom stereocenters. The Labute approximate surface area is 220 Å². The second-order valence-corrected chi connectivity index (χ2v) is 10.8. The molecule has 2 aliphatic heterocycles. The number of amides is 1. The summed E-state index contributed by atoms with van der Waals surface area (Å²) in [7, 11) is 3.90. The number of likely N-dealkylation sites (N-methyl/N-ethyl adjacent to an activating group) is 1. The summed E-state index contributed by atoms with van der Waals surface area (Å²) in [6.07, 6.45) is 7.23. The van der Waals surface area contributed by atoms with E-state index < -0.39 is 11.2 Å². The smallest absolute Gasteiger partial charge is 0.278 e. The van der Waals surface area contributed by atoms with E-state index in [2.05, 4.69) is 13.5 Å². The van der Waals surface area contributed by atoms with Crippen LogP contribution in [0.4, 0.5) is 0 Å². The van der Waals surface area contributed by atoms with Crippen LogP contribution in [0.25, 0.3) is 0 Å². The molecule has 0 radical (unpaired) electrons. The average molecular weight is 527 g/mol. The Kier molecular flexibility index (Phi) is 7.68. The molecular weight excluding hydrogens is 496 g/mol. The van der Waals surface area contributed by atoms with E-state index in [0.717, 1.165) is 27.4 Å². The zero-order chi connectivity index (χ0) is 26.1. The van der Waals surface area contributed by atoms with E-state index in [1.807, 2.05) is 61.3 Å². The third-order valence-electron chi connectivity index (χ3n) is 6.48. The molecule has 190 valence electrons. The number of hydrogen-bond donors (Lipinski definition) is 1. The Hall–Kier alpha value is -2.94. The topological polar surface area (TPSA) is 69.0 Å². The predicted octanol–water partition coefficient (Wildman–Crippen LogP) is 4.41. The fourth-order valence-electron chi connectivity index (χ4n) is 4.81. The second kappa shape index (κ2) is 10.6. The van der Waals surface area contributed by atoms with Crippen molar-refractivity contribution in [3.05, 3.63) is 92.9 Å². The number of nitrogens with zero attached hydrogens (tertiary/aromatic N) is 4. The highest BCUT2D eigenvalue weighted by Crippen LogP contribution is 2.45. The van der Waals surface area contributed by atoms with Gasteiger partial charge in [0.1, 0.15) is 6.67 Å². The molecule has 0 bridgehead atoms. The van der Waals surface area contributed by atoms with Gasteiger partial charge in [0.05, 0.1) is 11.1 Å². The van der Waals surface area contributed by atoms with Gasteiger partial charge in [0, 0.05) is 35.5 Å². The quantitative estimate of drug-likeness (QED) is 0.562. The van der Waals surface area contributed by atoms with Crippen LogP contribution < -0.4 is 10.4 Å². The van der Waals surface area contributed by atoms with E-state index in [0.29, 0.717) is 11.6 Å². The number of carbonyl (C=O) groups is 1. The zero-order valence-electron chi connectivity index (χ0n) is 20.9. The van der Waals surface area contributed by atoms with Gasteiger partial charge in [-0.25, -0.2) is 0 Å². The Bertz CT molecular complexity index is 1320. The van der Waals surface area contributed by atoms with Gasteiger partial charge in [0.2, 0.25) is 5.43 Å². The van der Waals surface area contributed by atoms with Crippen LogP contribution in [0.5, 0.6) is 5.75 Å². The van der Waals surface area contributed by atoms with Gasteiger partial charge >= 0.3 is 0 Å². The van der Waals surface area contributed by atoms with Gasteiger partial charge in [-0.3, -0.25) is 19.3 Å². The summed E-state index contributed by atoms with van der Waals surface area (Å²) in [5.74, 6) is -0.179. The van der Waals surface area contributed by atoms with E-state index in [1.165, 1.54) is 6.07 Å². The Morgan fingerprint density at radius 3 is 2.75 bits per heavy atom. The minimum Gasteiger partial charge on any atom is -0.502 e. The van der Waals surface area contributed by atoms with E-state index >= 15 is 0 Å². The van der Waals surface area contributed by atoms with Crippen LogP contribution in [0.15, 0.2) is 76.1 Å². The number of fused-ring (bicyclic) bond motifs is 2. The number of thioether (sulfide) groups is 1. The number of allylic oxidation sites excluding steroid dienone is 2. The molecule has 1 aromatic carbocycles. The van der Waals surface area contributed by atoms with Crippen molar-refractivity contribution in [1.29, 1.82) is 0 Å². The van der Waals surface area contributed by atoms with Crippen molar-refractivity contribution in [2.45, 2.75) is 30.8 Å².